The number of hydrogen-bond acceptors (Lipinski definition) is 26. The van der Waals surface area contributed by atoms with E-state index in [1.807, 2.05) is 192 Å². The number of benzene rings is 8. The van der Waals surface area contributed by atoms with Crippen LogP contribution in [-0.2, 0) is 126 Å². The molecule has 0 bridgehead atoms. The molecule has 149 heavy (non-hydrogen) atoms. The minimum atomic E-state index is -0.963. The molecular weight excluding hydrogens is 2000 g/mol. The molecule has 1 saturated heterocycles. The summed E-state index contributed by atoms with van der Waals surface area (Å²) in [6.45, 7) is 28.2. The van der Waals surface area contributed by atoms with Gasteiger partial charge in [-0.3, -0.25) is 39.1 Å². The van der Waals surface area contributed by atoms with Gasteiger partial charge in [0.05, 0.1) is 132 Å². The first kappa shape index (κ1) is 117. The van der Waals surface area contributed by atoms with E-state index in [0.29, 0.717) is 153 Å². The van der Waals surface area contributed by atoms with Gasteiger partial charge in [-0.25, -0.2) is 22.4 Å². The average molecular weight is 2120 g/mol. The van der Waals surface area contributed by atoms with E-state index in [4.69, 9.17) is 81.4 Å². The number of carboxylic acid groups (broad SMARTS) is 1. The minimum absolute atomic E-state index is 0. The van der Waals surface area contributed by atoms with Crippen LogP contribution in [0.2, 0.25) is 0 Å². The van der Waals surface area contributed by atoms with E-state index in [1.165, 1.54) is 32.2 Å². The molecule has 28 nitrogen and oxygen atoms in total. The second kappa shape index (κ2) is 53.1. The van der Waals surface area contributed by atoms with Crippen molar-refractivity contribution in [3.63, 3.8) is 0 Å². The molecule has 8 aromatic heterocycles. The summed E-state index contributed by atoms with van der Waals surface area (Å²) in [4.78, 5) is 75.5. The Labute approximate surface area is 887 Å². The number of furan rings is 4. The number of halogens is 6. The van der Waals surface area contributed by atoms with Gasteiger partial charge in [-0.2, -0.15) is 0 Å². The Morgan fingerprint density at radius 1 is 0.436 bits per heavy atom. The van der Waals surface area contributed by atoms with E-state index >= 15 is 13.2 Å². The van der Waals surface area contributed by atoms with Crippen molar-refractivity contribution >= 4 is 115 Å². The number of nitrogens with two attached hydrogens (primary N) is 2. The average Bonchev–Trinajstić information content (AvgIpc) is 1.68. The van der Waals surface area contributed by atoms with Gasteiger partial charge in [0.15, 0.2) is 5.58 Å². The van der Waals surface area contributed by atoms with Crippen LogP contribution in [0, 0.1) is 51.0 Å². The summed E-state index contributed by atoms with van der Waals surface area (Å²) >= 11 is 3.39. The van der Waals surface area contributed by atoms with Crippen LogP contribution in [0.15, 0.2) is 242 Å². The first-order valence-corrected chi connectivity index (χ1v) is 48.1. The third kappa shape index (κ3) is 30.3. The molecule has 36 heteroatoms. The Morgan fingerprint density at radius 2 is 0.765 bits per heavy atom. The van der Waals surface area contributed by atoms with Crippen molar-refractivity contribution in [2.24, 2.45) is 11.5 Å². The number of rotatable bonds is 31. The number of nitrogens with zero attached hydrogens (tertiary/aromatic N) is 4. The van der Waals surface area contributed by atoms with Gasteiger partial charge in [0.25, 0.3) is 0 Å². The van der Waals surface area contributed by atoms with Crippen molar-refractivity contribution in [2.75, 3.05) is 20.3 Å². The molecule has 0 radical (unpaired) electrons. The largest absolute Gasteiger partial charge is 1.00 e. The molecule has 0 aliphatic carbocycles. The number of ether oxygens (including phenoxy) is 8. The molecular formula is C113H117BBrClF4LiN7O21. The number of esters is 3. The van der Waals surface area contributed by atoms with Gasteiger partial charge in [-0.1, -0.05) is 55.5 Å². The number of aliphatic carboxylic acids is 1. The molecule has 8 aromatic carbocycles. The number of fused-ring (bicyclic) bond motifs is 4. The van der Waals surface area contributed by atoms with Crippen LogP contribution >= 0.6 is 28.3 Å². The number of methoxy groups -OCH3 is 1. The predicted octanol–water partition coefficient (Wildman–Crippen LogP) is 20.5. The van der Waals surface area contributed by atoms with Gasteiger partial charge in [0, 0.05) is 105 Å². The molecule has 16 aromatic rings. The summed E-state index contributed by atoms with van der Waals surface area (Å²) in [6.07, 6.45) is 13.0. The molecule has 9 heterocycles. The number of pyridine rings is 4. The fourth-order valence-electron chi connectivity index (χ4n) is 15.8. The first-order valence-electron chi connectivity index (χ1n) is 47.3. The molecule has 0 unspecified atom stereocenters. The second-order valence-electron chi connectivity index (χ2n) is 36.5. The third-order valence-corrected chi connectivity index (χ3v) is 24.5. The van der Waals surface area contributed by atoms with Crippen molar-refractivity contribution < 1.29 is 136 Å². The first-order chi connectivity index (χ1) is 69.8. The monoisotopic (exact) mass is 2120 g/mol. The summed E-state index contributed by atoms with van der Waals surface area (Å²) < 4.78 is 139. The van der Waals surface area contributed by atoms with Crippen LogP contribution in [0.5, 0.6) is 23.0 Å². The van der Waals surface area contributed by atoms with Gasteiger partial charge in [-0.05, 0) is 278 Å². The zero-order valence-corrected chi connectivity index (χ0v) is 88.1. The SMILES string of the molecule is CC(C)(C)OC(=O)NCc1cc(B2OC(C)(C)C(C)(C)O2)ccn1.CCOC(=O)Cc1ccc(C)cc1OCc1cc(-c2ccnc(CC)c2)c2occc2c1F.CCOC(=O)Cc1ccc(C)cc1OCc1cc(Br)c2occc2c1F.COC(=O)Cc1ccc(C)cc1OCc1cc(-c2ccnc(CN)c2)c2occc2c1F.Cc1ccc(CC(=O)O)c(OCc2cc(-c3ccnc(CN)c3)c3occc3c2F)c1.Cl.[Li+].[OH-]. The quantitative estimate of drug-likeness (QED) is 0.0136. The summed E-state index contributed by atoms with van der Waals surface area (Å²) in [5.74, 6) is -1.59. The van der Waals surface area contributed by atoms with Crippen molar-refractivity contribution in [3.8, 4) is 56.4 Å². The third-order valence-electron chi connectivity index (χ3n) is 23.9. The van der Waals surface area contributed by atoms with Gasteiger partial charge in [-0.15, -0.1) is 12.4 Å². The van der Waals surface area contributed by atoms with Crippen LogP contribution in [-0.4, -0.2) is 105 Å². The van der Waals surface area contributed by atoms with Crippen molar-refractivity contribution in [1.82, 2.24) is 25.3 Å². The maximum absolute atomic E-state index is 15.3. The molecule has 1 aliphatic rings. The zero-order valence-electron chi connectivity index (χ0n) is 85.7. The van der Waals surface area contributed by atoms with E-state index in [0.717, 1.165) is 73.3 Å². The number of aromatic nitrogens is 4. The Kier molecular flexibility index (Phi) is 41.6. The van der Waals surface area contributed by atoms with E-state index in [1.54, 1.807) is 99.3 Å². The number of aryl methyl sites for hydroxylation is 5. The number of hydrogen-bond donors (Lipinski definition) is 4. The van der Waals surface area contributed by atoms with Gasteiger partial charge < -0.3 is 92.2 Å². The molecule has 0 spiro atoms. The van der Waals surface area contributed by atoms with Crippen LogP contribution in [0.25, 0.3) is 77.3 Å². The van der Waals surface area contributed by atoms with Crippen molar-refractivity contribution in [1.29, 1.82) is 0 Å². The van der Waals surface area contributed by atoms with Crippen LogP contribution in [0.1, 0.15) is 159 Å². The zero-order chi connectivity index (χ0) is 105. The van der Waals surface area contributed by atoms with Gasteiger partial charge in [0.2, 0.25) is 0 Å². The standard InChI is InChI=1S/C27H26FNO4.C25H23FN2O4.C24H21FN2O4.C20H18BrFO4.C17H27BN2O4.ClH.Li.H2O/c1-4-21-13-18(8-10-29-21)23-14-20(26(28)22-9-11-32-27(22)23)16-33-24-12-17(3)6-7-19(24)15-25(30)31-5-2;1-15-3-4-17(12-23(29)30-2)22(9-15)32-14-18-11-21(16-5-7-28-19(10-16)13-27)25-20(24(18)26)6-8-31-25;1-14-2-3-16(11-22(28)29)21(8-14)31-13-17-10-20(15-4-6-27-18(9-15)12-26)24-19(23(17)25)5-7-30-24;1-3-24-18(23)10-13-5-4-12(2)8-17(13)26-11-14-9-16(21)20-15(19(14)22)6-7-25-20;1-15(2,3)22-14(21)20-11-13-10-12(8-9-19-13)18-23-16(4,5)17(6,7)24-18;;;/h6-14H,4-5,15-16H2,1-3H3;3-11H,12-14,27H2,1-2H3;2-10H,11-13,26H2,1H3,(H,28,29);4-9H,3,10-11H2,1-2H3;8-10H,11H2,1-7H3,(H,20,21);1H;;1H2/q;;;;;;+1;/p-1. The molecule has 1 amide bonds. The summed E-state index contributed by atoms with van der Waals surface area (Å²) in [5.41, 5.74) is 28.6. The van der Waals surface area contributed by atoms with Gasteiger partial charge in [0.1, 0.15) is 95.0 Å². The molecule has 0 saturated carbocycles. The number of carbonyl (C=O) groups is 5. The molecule has 776 valence electrons. The molecule has 17 rings (SSSR count). The molecule has 7 N–H and O–H groups in total. The number of alkyl carbamates (subject to hydrolysis) is 1. The normalized spacial score (nSPS) is 12.1. The van der Waals surface area contributed by atoms with Crippen LogP contribution in [0.3, 0.4) is 0 Å². The fraction of sp³-hybridized carbons (Fsp3) is 0.283. The van der Waals surface area contributed by atoms with E-state index in [2.05, 4.69) is 41.2 Å². The Balaban J connectivity index is 0.000000190. The topological polar surface area (TPSA) is 396 Å². The Hall–Kier alpha value is -14.2. The molecule has 1 aliphatic heterocycles. The Bertz CT molecular complexity index is 7380. The summed E-state index contributed by atoms with van der Waals surface area (Å²) in [7, 11) is 0.891. The maximum atomic E-state index is 15.3. The maximum Gasteiger partial charge on any atom is 1.00 e. The van der Waals surface area contributed by atoms with E-state index in [9.17, 15) is 28.4 Å². The number of amides is 1. The number of carboxylic acids is 1. The Morgan fingerprint density at radius 3 is 1.11 bits per heavy atom. The van der Waals surface area contributed by atoms with Crippen LogP contribution < -0.4 is 60.1 Å². The van der Waals surface area contributed by atoms with E-state index < -0.39 is 47.6 Å². The van der Waals surface area contributed by atoms with Crippen molar-refractivity contribution in [2.45, 2.75) is 192 Å². The van der Waals surface area contributed by atoms with Gasteiger partial charge >= 0.3 is 55.9 Å². The second-order valence-corrected chi connectivity index (χ2v) is 37.3. The van der Waals surface area contributed by atoms with E-state index in [-0.39, 0.29) is 131 Å². The van der Waals surface area contributed by atoms with Crippen LogP contribution in [0.4, 0.5) is 22.4 Å². The van der Waals surface area contributed by atoms with Crippen molar-refractivity contribution in [3.05, 3.63) is 337 Å². The summed E-state index contributed by atoms with van der Waals surface area (Å²) in [6, 6.07) is 50.1. The predicted molar refractivity (Wildman–Crippen MR) is 559 cm³/mol. The number of carbonyl (C=O) groups excluding carboxylic acids is 4. The molecule has 0 atom stereocenters. The fourth-order valence-corrected chi connectivity index (χ4v) is 16.3. The number of nitrogens with one attached hydrogen (secondary N) is 1. The summed E-state index contributed by atoms with van der Waals surface area (Å²) in [5, 5.41) is 13.4. The smallest absolute Gasteiger partial charge is 0.870 e. The minimum Gasteiger partial charge on any atom is -0.870 e. The molecule has 1 fully saturated rings.